The van der Waals surface area contributed by atoms with Gasteiger partial charge in [0.2, 0.25) is 5.91 Å². The molecule has 1 aliphatic heterocycles. The van der Waals surface area contributed by atoms with Gasteiger partial charge in [-0.2, -0.15) is 0 Å². The maximum atomic E-state index is 11.8. The van der Waals surface area contributed by atoms with Gasteiger partial charge in [-0.15, -0.1) is 0 Å². The molecular weight excluding hydrogens is 268 g/mol. The van der Waals surface area contributed by atoms with Gasteiger partial charge >= 0.3 is 6.03 Å². The average molecular weight is 290 g/mol. The minimum absolute atomic E-state index is 0.0809. The zero-order valence-corrected chi connectivity index (χ0v) is 12.3. The van der Waals surface area contributed by atoms with E-state index in [0.717, 1.165) is 18.5 Å². The van der Waals surface area contributed by atoms with Crippen LogP contribution >= 0.6 is 0 Å². The van der Waals surface area contributed by atoms with Gasteiger partial charge in [0.05, 0.1) is 0 Å². The van der Waals surface area contributed by atoms with E-state index >= 15 is 0 Å². The highest BCUT2D eigenvalue weighted by Crippen LogP contribution is 2.19. The van der Waals surface area contributed by atoms with Crippen molar-refractivity contribution in [2.24, 2.45) is 5.73 Å². The third kappa shape index (κ3) is 4.19. The van der Waals surface area contributed by atoms with Crippen LogP contribution in [0.1, 0.15) is 26.2 Å². The van der Waals surface area contributed by atoms with Crippen molar-refractivity contribution >= 4 is 23.3 Å². The third-order valence-electron chi connectivity index (χ3n) is 3.43. The van der Waals surface area contributed by atoms with Crippen LogP contribution in [0.5, 0.6) is 0 Å². The predicted octanol–water partition coefficient (Wildman–Crippen LogP) is 1.67. The summed E-state index contributed by atoms with van der Waals surface area (Å²) in [7, 11) is 0. The van der Waals surface area contributed by atoms with E-state index in [0.29, 0.717) is 25.2 Å². The molecule has 1 saturated heterocycles. The molecule has 114 valence electrons. The SMILES string of the molecule is CCCC(N)CC(=O)Nc1ccc(N2CCNC2=O)cc1. The number of nitrogens with zero attached hydrogens (tertiary/aromatic N) is 1. The molecular formula is C15H22N4O2. The largest absolute Gasteiger partial charge is 0.336 e. The van der Waals surface area contributed by atoms with E-state index in [1.807, 2.05) is 19.1 Å². The lowest BCUT2D eigenvalue weighted by molar-refractivity contribution is -0.116. The molecule has 1 aliphatic rings. The Kier molecular flexibility index (Phi) is 5.16. The number of nitrogens with two attached hydrogens (primary N) is 1. The van der Waals surface area contributed by atoms with Gasteiger partial charge < -0.3 is 16.4 Å². The van der Waals surface area contributed by atoms with Crippen molar-refractivity contribution in [3.8, 4) is 0 Å². The topological polar surface area (TPSA) is 87.5 Å². The van der Waals surface area contributed by atoms with Crippen LogP contribution in [-0.2, 0) is 4.79 Å². The first kappa shape index (κ1) is 15.3. The molecule has 0 saturated carbocycles. The van der Waals surface area contributed by atoms with Crippen LogP contribution in [0.2, 0.25) is 0 Å². The fourth-order valence-corrected chi connectivity index (χ4v) is 2.37. The number of amides is 3. The van der Waals surface area contributed by atoms with E-state index in [1.165, 1.54) is 0 Å². The molecule has 0 bridgehead atoms. The molecule has 2 rings (SSSR count). The first-order valence-corrected chi connectivity index (χ1v) is 7.31. The molecule has 1 fully saturated rings. The van der Waals surface area contributed by atoms with Crippen LogP contribution in [0.4, 0.5) is 16.2 Å². The fraction of sp³-hybridized carbons (Fsp3) is 0.467. The summed E-state index contributed by atoms with van der Waals surface area (Å²) in [4.78, 5) is 25.0. The summed E-state index contributed by atoms with van der Waals surface area (Å²) in [6, 6.07) is 7.06. The van der Waals surface area contributed by atoms with Crippen molar-refractivity contribution in [1.29, 1.82) is 0 Å². The van der Waals surface area contributed by atoms with E-state index in [4.69, 9.17) is 5.73 Å². The fourth-order valence-electron chi connectivity index (χ4n) is 2.37. The maximum Gasteiger partial charge on any atom is 0.321 e. The van der Waals surface area contributed by atoms with Crippen LogP contribution in [0.15, 0.2) is 24.3 Å². The van der Waals surface area contributed by atoms with E-state index in [9.17, 15) is 9.59 Å². The summed E-state index contributed by atoms with van der Waals surface area (Å²) in [6.45, 7) is 3.37. The van der Waals surface area contributed by atoms with E-state index < -0.39 is 0 Å². The Bertz CT molecular complexity index is 501. The second kappa shape index (κ2) is 7.08. The van der Waals surface area contributed by atoms with Crippen molar-refractivity contribution in [1.82, 2.24) is 5.32 Å². The number of carbonyl (C=O) groups excluding carboxylic acids is 2. The minimum Gasteiger partial charge on any atom is -0.336 e. The Morgan fingerprint density at radius 1 is 1.43 bits per heavy atom. The normalized spacial score (nSPS) is 15.7. The molecule has 1 heterocycles. The van der Waals surface area contributed by atoms with Crippen molar-refractivity contribution in [2.75, 3.05) is 23.3 Å². The Labute approximate surface area is 124 Å². The van der Waals surface area contributed by atoms with Gasteiger partial charge in [-0.3, -0.25) is 9.69 Å². The summed E-state index contributed by atoms with van der Waals surface area (Å²) in [5, 5.41) is 5.57. The van der Waals surface area contributed by atoms with Gasteiger partial charge in [0.25, 0.3) is 0 Å². The Hall–Kier alpha value is -2.08. The number of hydrogen-bond donors (Lipinski definition) is 3. The summed E-state index contributed by atoms with van der Waals surface area (Å²) < 4.78 is 0. The molecule has 3 amide bonds. The monoisotopic (exact) mass is 290 g/mol. The highest BCUT2D eigenvalue weighted by Gasteiger charge is 2.20. The van der Waals surface area contributed by atoms with Gasteiger partial charge in [-0.25, -0.2) is 4.79 Å². The van der Waals surface area contributed by atoms with Gasteiger partial charge in [0.15, 0.2) is 0 Å². The summed E-state index contributed by atoms with van der Waals surface area (Å²) >= 11 is 0. The molecule has 1 aromatic carbocycles. The minimum atomic E-state index is -0.0948. The first-order valence-electron chi connectivity index (χ1n) is 7.31. The number of hydrogen-bond acceptors (Lipinski definition) is 3. The summed E-state index contributed by atoms with van der Waals surface area (Å²) in [5.74, 6) is -0.0809. The van der Waals surface area contributed by atoms with Gasteiger partial charge in [0, 0.05) is 36.9 Å². The van der Waals surface area contributed by atoms with E-state index in [2.05, 4.69) is 10.6 Å². The Balaban J connectivity index is 1.90. The van der Waals surface area contributed by atoms with Gasteiger partial charge in [-0.05, 0) is 30.7 Å². The molecule has 4 N–H and O–H groups in total. The number of carbonyl (C=O) groups is 2. The number of urea groups is 1. The molecule has 6 heteroatoms. The second-order valence-corrected chi connectivity index (χ2v) is 5.23. The molecule has 6 nitrogen and oxygen atoms in total. The van der Waals surface area contributed by atoms with Gasteiger partial charge in [0.1, 0.15) is 0 Å². The molecule has 0 aromatic heterocycles. The zero-order valence-electron chi connectivity index (χ0n) is 12.3. The van der Waals surface area contributed by atoms with Crippen LogP contribution in [0.3, 0.4) is 0 Å². The molecule has 1 unspecified atom stereocenters. The van der Waals surface area contributed by atoms with Crippen molar-refractivity contribution in [3.63, 3.8) is 0 Å². The van der Waals surface area contributed by atoms with E-state index in [-0.39, 0.29) is 18.0 Å². The molecule has 1 atom stereocenters. The third-order valence-corrected chi connectivity index (χ3v) is 3.43. The van der Waals surface area contributed by atoms with E-state index in [1.54, 1.807) is 17.0 Å². The van der Waals surface area contributed by atoms with Crippen LogP contribution in [0, 0.1) is 0 Å². The lowest BCUT2D eigenvalue weighted by Gasteiger charge is -2.15. The van der Waals surface area contributed by atoms with Crippen LogP contribution in [0.25, 0.3) is 0 Å². The summed E-state index contributed by atoms with van der Waals surface area (Å²) in [5.41, 5.74) is 7.39. The standard InChI is InChI=1S/C15H22N4O2/c1-2-3-11(16)10-14(20)18-12-4-6-13(7-5-12)19-9-8-17-15(19)21/h4-7,11H,2-3,8-10,16H2,1H3,(H,17,21)(H,18,20). The number of rotatable bonds is 6. The van der Waals surface area contributed by atoms with Crippen molar-refractivity contribution in [2.45, 2.75) is 32.2 Å². The van der Waals surface area contributed by atoms with Crippen molar-refractivity contribution in [3.05, 3.63) is 24.3 Å². The number of nitrogens with one attached hydrogen (secondary N) is 2. The van der Waals surface area contributed by atoms with Crippen LogP contribution < -0.4 is 21.3 Å². The summed E-state index contributed by atoms with van der Waals surface area (Å²) in [6.07, 6.45) is 2.14. The highest BCUT2D eigenvalue weighted by atomic mass is 16.2. The zero-order chi connectivity index (χ0) is 15.2. The average Bonchev–Trinajstić information content (AvgIpc) is 2.86. The smallest absolute Gasteiger partial charge is 0.321 e. The first-order chi connectivity index (χ1) is 10.1. The lowest BCUT2D eigenvalue weighted by Crippen LogP contribution is -2.28. The predicted molar refractivity (Wildman–Crippen MR) is 83.3 cm³/mol. The molecule has 1 aromatic rings. The van der Waals surface area contributed by atoms with Crippen molar-refractivity contribution < 1.29 is 9.59 Å². The Morgan fingerprint density at radius 3 is 2.71 bits per heavy atom. The quantitative estimate of drug-likeness (QED) is 0.744. The second-order valence-electron chi connectivity index (χ2n) is 5.23. The molecule has 21 heavy (non-hydrogen) atoms. The molecule has 0 spiro atoms. The van der Waals surface area contributed by atoms with Gasteiger partial charge in [-0.1, -0.05) is 13.3 Å². The lowest BCUT2D eigenvalue weighted by atomic mass is 10.1. The van der Waals surface area contributed by atoms with Crippen LogP contribution in [-0.4, -0.2) is 31.1 Å². The number of benzene rings is 1. The maximum absolute atomic E-state index is 11.8. The number of anilines is 2. The highest BCUT2D eigenvalue weighted by molar-refractivity contribution is 5.95. The molecule has 0 aliphatic carbocycles. The Morgan fingerprint density at radius 2 is 2.14 bits per heavy atom. The molecule has 0 radical (unpaired) electrons.